The van der Waals surface area contributed by atoms with Gasteiger partial charge in [-0.15, -0.1) is 0 Å². The summed E-state index contributed by atoms with van der Waals surface area (Å²) < 4.78 is 21.1. The van der Waals surface area contributed by atoms with E-state index in [4.69, 9.17) is 18.9 Å². The van der Waals surface area contributed by atoms with Gasteiger partial charge in [-0.05, 0) is 50.4 Å². The standard InChI is InChI=1S/C23H42O6/c1-18(2)12-8-6-5-7-11-16-26-22(24)28-20-13-9-10-14-21(20)29-23(25)27-17-15-19(3)4/h18-21H,5-17H2,1-4H3. The van der Waals surface area contributed by atoms with Gasteiger partial charge in [0.05, 0.1) is 13.2 Å². The molecule has 0 aliphatic heterocycles. The molecular weight excluding hydrogens is 372 g/mol. The van der Waals surface area contributed by atoms with Crippen LogP contribution in [0.3, 0.4) is 0 Å². The molecule has 0 aromatic rings. The molecule has 0 aromatic carbocycles. The smallest absolute Gasteiger partial charge is 0.434 e. The molecule has 0 aromatic heterocycles. The highest BCUT2D eigenvalue weighted by molar-refractivity contribution is 5.61. The van der Waals surface area contributed by atoms with E-state index in [1.807, 2.05) is 0 Å². The highest BCUT2D eigenvalue weighted by Gasteiger charge is 2.32. The normalized spacial score (nSPS) is 19.2. The maximum atomic E-state index is 12.0. The minimum absolute atomic E-state index is 0.342. The molecule has 170 valence electrons. The molecular formula is C23H42O6. The van der Waals surface area contributed by atoms with E-state index in [9.17, 15) is 9.59 Å². The summed E-state index contributed by atoms with van der Waals surface area (Å²) in [6, 6.07) is 0. The van der Waals surface area contributed by atoms with Crippen molar-refractivity contribution in [1.82, 2.24) is 0 Å². The van der Waals surface area contributed by atoms with Crippen molar-refractivity contribution in [3.8, 4) is 0 Å². The van der Waals surface area contributed by atoms with Gasteiger partial charge in [-0.3, -0.25) is 0 Å². The van der Waals surface area contributed by atoms with Gasteiger partial charge in [-0.1, -0.05) is 59.8 Å². The average molecular weight is 415 g/mol. The molecule has 6 nitrogen and oxygen atoms in total. The van der Waals surface area contributed by atoms with Gasteiger partial charge < -0.3 is 18.9 Å². The summed E-state index contributed by atoms with van der Waals surface area (Å²) in [5.74, 6) is 1.23. The van der Waals surface area contributed by atoms with Crippen LogP contribution in [0, 0.1) is 11.8 Å². The molecule has 6 heteroatoms. The molecule has 1 aliphatic carbocycles. The first-order valence-electron chi connectivity index (χ1n) is 11.5. The Morgan fingerprint density at radius 1 is 0.690 bits per heavy atom. The Morgan fingerprint density at radius 3 is 1.72 bits per heavy atom. The van der Waals surface area contributed by atoms with Gasteiger partial charge in [0.25, 0.3) is 0 Å². The van der Waals surface area contributed by atoms with Crippen molar-refractivity contribution >= 4 is 12.3 Å². The lowest BCUT2D eigenvalue weighted by atomic mass is 9.95. The van der Waals surface area contributed by atoms with Gasteiger partial charge in [0.15, 0.2) is 0 Å². The summed E-state index contributed by atoms with van der Waals surface area (Å²) in [4.78, 5) is 23.8. The van der Waals surface area contributed by atoms with E-state index in [1.165, 1.54) is 25.7 Å². The second kappa shape index (κ2) is 15.4. The Bertz CT molecular complexity index is 449. The highest BCUT2D eigenvalue weighted by atomic mass is 16.8. The SMILES string of the molecule is CC(C)CCCCCCCOC(=O)OC1CCCCC1OC(=O)OCCC(C)C. The predicted octanol–water partition coefficient (Wildman–Crippen LogP) is 6.65. The van der Waals surface area contributed by atoms with Crippen molar-refractivity contribution in [3.05, 3.63) is 0 Å². The van der Waals surface area contributed by atoms with Crippen LogP contribution in [0.4, 0.5) is 9.59 Å². The number of hydrogen-bond acceptors (Lipinski definition) is 6. The maximum absolute atomic E-state index is 12.0. The van der Waals surface area contributed by atoms with Crippen molar-refractivity contribution in [2.75, 3.05) is 13.2 Å². The molecule has 0 spiro atoms. The number of ether oxygens (including phenoxy) is 4. The molecule has 0 radical (unpaired) electrons. The van der Waals surface area contributed by atoms with Crippen molar-refractivity contribution in [2.45, 2.75) is 111 Å². The van der Waals surface area contributed by atoms with Crippen LogP contribution in [0.2, 0.25) is 0 Å². The summed E-state index contributed by atoms with van der Waals surface area (Å²) in [7, 11) is 0. The van der Waals surface area contributed by atoms with Gasteiger partial charge >= 0.3 is 12.3 Å². The van der Waals surface area contributed by atoms with Gasteiger partial charge in [0, 0.05) is 0 Å². The van der Waals surface area contributed by atoms with E-state index in [0.717, 1.165) is 38.0 Å². The molecule has 29 heavy (non-hydrogen) atoms. The van der Waals surface area contributed by atoms with Gasteiger partial charge in [0.1, 0.15) is 12.2 Å². The molecule has 2 unspecified atom stereocenters. The molecule has 0 heterocycles. The molecule has 0 saturated heterocycles. The van der Waals surface area contributed by atoms with E-state index in [-0.39, 0.29) is 0 Å². The fourth-order valence-corrected chi connectivity index (χ4v) is 3.37. The van der Waals surface area contributed by atoms with Gasteiger partial charge in [0.2, 0.25) is 0 Å². The van der Waals surface area contributed by atoms with E-state index in [0.29, 0.717) is 32.0 Å². The summed E-state index contributed by atoms with van der Waals surface area (Å²) >= 11 is 0. The molecule has 2 atom stereocenters. The molecule has 0 bridgehead atoms. The molecule has 1 saturated carbocycles. The van der Waals surface area contributed by atoms with Crippen LogP contribution in [0.5, 0.6) is 0 Å². The van der Waals surface area contributed by atoms with Crippen molar-refractivity contribution in [2.24, 2.45) is 11.8 Å². The first-order valence-corrected chi connectivity index (χ1v) is 11.5. The minimum atomic E-state index is -0.683. The molecule has 1 rings (SSSR count). The van der Waals surface area contributed by atoms with Crippen LogP contribution < -0.4 is 0 Å². The Labute approximate surface area is 177 Å². The molecule has 1 aliphatic rings. The average Bonchev–Trinajstić information content (AvgIpc) is 2.65. The highest BCUT2D eigenvalue weighted by Crippen LogP contribution is 2.25. The lowest BCUT2D eigenvalue weighted by Crippen LogP contribution is -2.38. The van der Waals surface area contributed by atoms with Crippen molar-refractivity contribution in [3.63, 3.8) is 0 Å². The van der Waals surface area contributed by atoms with E-state index in [1.54, 1.807) is 0 Å². The third-order valence-corrected chi connectivity index (χ3v) is 5.20. The second-order valence-electron chi connectivity index (χ2n) is 8.93. The summed E-state index contributed by atoms with van der Waals surface area (Å²) in [5.41, 5.74) is 0. The monoisotopic (exact) mass is 414 g/mol. The zero-order chi connectivity index (χ0) is 21.5. The summed E-state index contributed by atoms with van der Waals surface area (Å²) in [5, 5.41) is 0. The fourth-order valence-electron chi connectivity index (χ4n) is 3.37. The predicted molar refractivity (Wildman–Crippen MR) is 113 cm³/mol. The topological polar surface area (TPSA) is 71.1 Å². The number of unbranched alkanes of at least 4 members (excludes halogenated alkanes) is 4. The third kappa shape index (κ3) is 13.4. The van der Waals surface area contributed by atoms with Crippen molar-refractivity contribution < 1.29 is 28.5 Å². The zero-order valence-corrected chi connectivity index (χ0v) is 19.0. The summed E-state index contributed by atoms with van der Waals surface area (Å²) in [6.45, 7) is 9.34. The Morgan fingerprint density at radius 2 is 1.17 bits per heavy atom. The van der Waals surface area contributed by atoms with E-state index in [2.05, 4.69) is 27.7 Å². The number of hydrogen-bond donors (Lipinski definition) is 0. The zero-order valence-electron chi connectivity index (χ0n) is 19.0. The molecule has 0 amide bonds. The second-order valence-corrected chi connectivity index (χ2v) is 8.93. The number of carbonyl (C=O) groups is 2. The largest absolute Gasteiger partial charge is 0.508 e. The lowest BCUT2D eigenvalue weighted by molar-refractivity contribution is -0.0715. The fraction of sp³-hybridized carbons (Fsp3) is 0.913. The Balaban J connectivity index is 2.18. The van der Waals surface area contributed by atoms with Crippen LogP contribution >= 0.6 is 0 Å². The van der Waals surface area contributed by atoms with Crippen LogP contribution in [0.25, 0.3) is 0 Å². The van der Waals surface area contributed by atoms with Gasteiger partial charge in [-0.25, -0.2) is 9.59 Å². The molecule has 1 fully saturated rings. The molecule has 0 N–H and O–H groups in total. The van der Waals surface area contributed by atoms with Crippen LogP contribution in [0.15, 0.2) is 0 Å². The first kappa shape index (κ1) is 25.6. The lowest BCUT2D eigenvalue weighted by Gasteiger charge is -2.29. The Kier molecular flexibility index (Phi) is 13.6. The van der Waals surface area contributed by atoms with Gasteiger partial charge in [-0.2, -0.15) is 0 Å². The third-order valence-electron chi connectivity index (χ3n) is 5.20. The van der Waals surface area contributed by atoms with Crippen LogP contribution in [-0.4, -0.2) is 37.7 Å². The number of carbonyl (C=O) groups excluding carboxylic acids is 2. The quantitative estimate of drug-likeness (QED) is 0.248. The summed E-state index contributed by atoms with van der Waals surface area (Å²) in [6.07, 6.45) is 8.62. The first-order chi connectivity index (χ1) is 13.9. The van der Waals surface area contributed by atoms with E-state index < -0.39 is 24.5 Å². The van der Waals surface area contributed by atoms with Crippen LogP contribution in [0.1, 0.15) is 98.3 Å². The van der Waals surface area contributed by atoms with Crippen molar-refractivity contribution in [1.29, 1.82) is 0 Å². The van der Waals surface area contributed by atoms with E-state index >= 15 is 0 Å². The minimum Gasteiger partial charge on any atom is -0.434 e. The number of rotatable bonds is 13. The maximum Gasteiger partial charge on any atom is 0.508 e. The van der Waals surface area contributed by atoms with Crippen LogP contribution in [-0.2, 0) is 18.9 Å². The Hall–Kier alpha value is -1.46.